The summed E-state index contributed by atoms with van der Waals surface area (Å²) < 4.78 is 1.96. The lowest BCUT2D eigenvalue weighted by molar-refractivity contribution is 0.243. The van der Waals surface area contributed by atoms with Crippen molar-refractivity contribution in [2.45, 2.75) is 33.7 Å². The van der Waals surface area contributed by atoms with E-state index in [1.165, 1.54) is 11.3 Å². The van der Waals surface area contributed by atoms with E-state index in [1.54, 1.807) is 0 Å². The molecule has 7 heteroatoms. The molecule has 1 aliphatic rings. The van der Waals surface area contributed by atoms with Gasteiger partial charge < -0.3 is 4.90 Å². The first kappa shape index (κ1) is 20.2. The van der Waals surface area contributed by atoms with Crippen molar-refractivity contribution < 1.29 is 0 Å². The third-order valence-electron chi connectivity index (χ3n) is 5.27. The van der Waals surface area contributed by atoms with Crippen molar-refractivity contribution in [3.8, 4) is 0 Å². The van der Waals surface area contributed by atoms with E-state index in [0.717, 1.165) is 56.1 Å². The molecule has 2 aromatic rings. The lowest BCUT2D eigenvalue weighted by Crippen LogP contribution is -2.46. The van der Waals surface area contributed by atoms with Gasteiger partial charge in [-0.3, -0.25) is 15.0 Å². The molecule has 0 unspecified atom stereocenters. The number of aromatic nitrogens is 2. The van der Waals surface area contributed by atoms with E-state index >= 15 is 0 Å². The van der Waals surface area contributed by atoms with Gasteiger partial charge in [-0.15, -0.1) is 5.11 Å². The molecule has 0 bridgehead atoms. The van der Waals surface area contributed by atoms with Crippen LogP contribution in [-0.4, -0.2) is 46.7 Å². The van der Waals surface area contributed by atoms with E-state index in [2.05, 4.69) is 52.1 Å². The monoisotopic (exact) mass is 381 g/mol. The highest BCUT2D eigenvalue weighted by Gasteiger charge is 2.22. The first-order valence-electron chi connectivity index (χ1n) is 9.93. The fourth-order valence-electron chi connectivity index (χ4n) is 3.89. The minimum absolute atomic E-state index is 0.0267. The maximum Gasteiger partial charge on any atom is 0.175 e. The van der Waals surface area contributed by atoms with Gasteiger partial charge in [0.2, 0.25) is 0 Å². The molecule has 3 rings (SSSR count). The van der Waals surface area contributed by atoms with Gasteiger partial charge in [0.1, 0.15) is 0 Å². The Kier molecular flexibility index (Phi) is 6.24. The Morgan fingerprint density at radius 3 is 2.46 bits per heavy atom. The van der Waals surface area contributed by atoms with E-state index < -0.39 is 0 Å². The summed E-state index contributed by atoms with van der Waals surface area (Å²) in [4.78, 5) is 4.79. The number of aryl methyl sites for hydroxylation is 2. The topological polar surface area (TPSA) is 84.4 Å². The molecule has 1 saturated heterocycles. The van der Waals surface area contributed by atoms with Crippen LogP contribution in [0.5, 0.6) is 0 Å². The highest BCUT2D eigenvalue weighted by molar-refractivity contribution is 6.01. The summed E-state index contributed by atoms with van der Waals surface area (Å²) in [5.41, 5.74) is 12.6. The molecule has 1 aromatic carbocycles. The van der Waals surface area contributed by atoms with Crippen LogP contribution in [-0.2, 0) is 20.0 Å². The van der Waals surface area contributed by atoms with Gasteiger partial charge in [0, 0.05) is 51.0 Å². The molecule has 7 nitrogen and oxygen atoms in total. The number of hydrogen-bond acceptors (Lipinski definition) is 5. The highest BCUT2D eigenvalue weighted by atomic mass is 15.3. The van der Waals surface area contributed by atoms with E-state index in [-0.39, 0.29) is 5.84 Å². The molecule has 0 amide bonds. The minimum Gasteiger partial charge on any atom is -0.368 e. The average molecular weight is 382 g/mol. The van der Waals surface area contributed by atoms with Crippen LogP contribution in [0.15, 0.2) is 29.4 Å². The van der Waals surface area contributed by atoms with Gasteiger partial charge in [0.05, 0.1) is 11.4 Å². The summed E-state index contributed by atoms with van der Waals surface area (Å²) in [5.74, 6) is 0.608. The smallest absolute Gasteiger partial charge is 0.175 e. The van der Waals surface area contributed by atoms with E-state index in [9.17, 15) is 0 Å². The average Bonchev–Trinajstić information content (AvgIpc) is 2.98. The molecule has 28 heavy (non-hydrogen) atoms. The molecule has 1 aliphatic heterocycles. The van der Waals surface area contributed by atoms with Crippen LogP contribution in [0, 0.1) is 23.8 Å². The Bertz CT molecular complexity index is 844. The number of anilines is 1. The maximum atomic E-state index is 8.06. The van der Waals surface area contributed by atoms with Crippen LogP contribution in [0.1, 0.15) is 36.4 Å². The summed E-state index contributed by atoms with van der Waals surface area (Å²) in [6.07, 6.45) is 1.01. The van der Waals surface area contributed by atoms with Gasteiger partial charge in [0.15, 0.2) is 5.84 Å². The Morgan fingerprint density at radius 2 is 1.89 bits per heavy atom. The Hall–Kier alpha value is -2.54. The largest absolute Gasteiger partial charge is 0.368 e. The zero-order valence-electron chi connectivity index (χ0n) is 17.4. The van der Waals surface area contributed by atoms with E-state index in [1.807, 2.05) is 24.7 Å². The van der Waals surface area contributed by atoms with Crippen LogP contribution >= 0.6 is 0 Å². The van der Waals surface area contributed by atoms with Crippen LogP contribution < -0.4 is 4.90 Å². The second-order valence-corrected chi connectivity index (χ2v) is 8.07. The standard InChI is InChI=1S/C21H31N7/c1-15(2)11-17-5-6-19(21(22)24-23)20(13-17)28-9-7-27(8-10-28)14-18-12-16(3)25-26(18)4/h5-6,12-13,15,22-23H,7-11,14H2,1-4H3. The van der Waals surface area contributed by atoms with Crippen LogP contribution in [0.25, 0.3) is 0 Å². The molecule has 0 aliphatic carbocycles. The number of amidine groups is 1. The Morgan fingerprint density at radius 1 is 1.18 bits per heavy atom. The van der Waals surface area contributed by atoms with Gasteiger partial charge in [-0.25, -0.2) is 5.53 Å². The Labute approximate surface area is 167 Å². The van der Waals surface area contributed by atoms with Crippen molar-refractivity contribution in [1.82, 2.24) is 14.7 Å². The maximum absolute atomic E-state index is 8.06. The van der Waals surface area contributed by atoms with Gasteiger partial charge in [-0.05, 0) is 43.0 Å². The van der Waals surface area contributed by atoms with Crippen LogP contribution in [0.4, 0.5) is 5.69 Å². The molecule has 2 N–H and O–H groups in total. The summed E-state index contributed by atoms with van der Waals surface area (Å²) >= 11 is 0. The molecule has 0 saturated carbocycles. The van der Waals surface area contributed by atoms with Crippen LogP contribution in [0.3, 0.4) is 0 Å². The predicted octanol–water partition coefficient (Wildman–Crippen LogP) is 3.61. The molecule has 1 aromatic heterocycles. The van der Waals surface area contributed by atoms with Gasteiger partial charge >= 0.3 is 0 Å². The van der Waals surface area contributed by atoms with E-state index in [0.29, 0.717) is 5.92 Å². The third-order valence-corrected chi connectivity index (χ3v) is 5.27. The summed E-state index contributed by atoms with van der Waals surface area (Å²) in [7, 11) is 2.00. The molecule has 150 valence electrons. The SMILES string of the molecule is Cc1cc(CN2CCN(c3cc(CC(C)C)ccc3C(=N)N=N)CC2)n(C)n1. The first-order chi connectivity index (χ1) is 13.4. The molecule has 0 spiro atoms. The second-order valence-electron chi connectivity index (χ2n) is 8.07. The zero-order valence-corrected chi connectivity index (χ0v) is 17.4. The quantitative estimate of drug-likeness (QED) is 0.455. The predicted molar refractivity (Wildman–Crippen MR) is 112 cm³/mol. The molecule has 2 heterocycles. The first-order valence-corrected chi connectivity index (χ1v) is 9.93. The minimum atomic E-state index is 0.0267. The van der Waals surface area contributed by atoms with Crippen LogP contribution in [0.2, 0.25) is 0 Å². The fourth-order valence-corrected chi connectivity index (χ4v) is 3.89. The molecule has 0 radical (unpaired) electrons. The summed E-state index contributed by atoms with van der Waals surface area (Å²) in [6.45, 7) is 11.1. The Balaban J connectivity index is 1.73. The molecule has 1 fully saturated rings. The van der Waals surface area contributed by atoms with Crippen molar-refractivity contribution >= 4 is 11.5 Å². The van der Waals surface area contributed by atoms with Gasteiger partial charge in [0.25, 0.3) is 0 Å². The number of hydrogen-bond donors (Lipinski definition) is 2. The normalized spacial score (nSPS) is 15.2. The number of rotatable bonds is 6. The van der Waals surface area contributed by atoms with Crippen molar-refractivity contribution in [3.05, 3.63) is 46.8 Å². The molecule has 0 atom stereocenters. The van der Waals surface area contributed by atoms with E-state index in [4.69, 9.17) is 10.9 Å². The van der Waals surface area contributed by atoms with Crippen molar-refractivity contribution in [1.29, 1.82) is 10.9 Å². The zero-order chi connectivity index (χ0) is 20.3. The number of nitrogens with one attached hydrogen (secondary N) is 2. The number of piperazine rings is 1. The third kappa shape index (κ3) is 4.65. The highest BCUT2D eigenvalue weighted by Crippen LogP contribution is 2.26. The lowest BCUT2D eigenvalue weighted by atomic mass is 9.99. The van der Waals surface area contributed by atoms with Gasteiger partial charge in [-0.2, -0.15) is 5.10 Å². The summed E-state index contributed by atoms with van der Waals surface area (Å²) in [6, 6.07) is 8.36. The van der Waals surface area contributed by atoms with Crippen molar-refractivity contribution in [3.63, 3.8) is 0 Å². The molecular weight excluding hydrogens is 350 g/mol. The summed E-state index contributed by atoms with van der Waals surface area (Å²) in [5, 5.41) is 15.9. The molecular formula is C21H31N7. The number of nitrogens with zero attached hydrogens (tertiary/aromatic N) is 5. The van der Waals surface area contributed by atoms with Crippen molar-refractivity contribution in [2.24, 2.45) is 18.1 Å². The lowest BCUT2D eigenvalue weighted by Gasteiger charge is -2.37. The fraction of sp³-hybridized carbons (Fsp3) is 0.524. The number of benzene rings is 1. The van der Waals surface area contributed by atoms with Crippen molar-refractivity contribution in [2.75, 3.05) is 31.1 Å². The second kappa shape index (κ2) is 8.65. The van der Waals surface area contributed by atoms with Gasteiger partial charge in [-0.1, -0.05) is 19.9 Å².